The molecule has 2 unspecified atom stereocenters. The van der Waals surface area contributed by atoms with Crippen molar-refractivity contribution in [3.05, 3.63) is 0 Å². The van der Waals surface area contributed by atoms with Gasteiger partial charge < -0.3 is 19.9 Å². The fourth-order valence-corrected chi connectivity index (χ4v) is 1.37. The minimum atomic E-state index is -1.09. The van der Waals surface area contributed by atoms with Crippen molar-refractivity contribution >= 4 is 11.9 Å². The lowest BCUT2D eigenvalue weighted by molar-refractivity contribution is -0.144. The number of rotatable bonds is 5. The lowest BCUT2D eigenvalue weighted by Crippen LogP contribution is -2.46. The Kier molecular flexibility index (Phi) is 4.51. The summed E-state index contributed by atoms with van der Waals surface area (Å²) in [7, 11) is 1.39. The van der Waals surface area contributed by atoms with Gasteiger partial charge in [0.2, 0.25) is 5.91 Å². The van der Waals surface area contributed by atoms with E-state index in [1.165, 1.54) is 7.11 Å². The fourth-order valence-electron chi connectivity index (χ4n) is 1.37. The van der Waals surface area contributed by atoms with E-state index in [2.05, 4.69) is 5.32 Å². The van der Waals surface area contributed by atoms with Crippen LogP contribution in [0.1, 0.15) is 6.42 Å². The number of carboxylic acid groups (broad SMARTS) is 1. The molecular weight excluding hydrogens is 202 g/mol. The Morgan fingerprint density at radius 2 is 2.40 bits per heavy atom. The van der Waals surface area contributed by atoms with Crippen LogP contribution in [0.5, 0.6) is 0 Å². The molecule has 1 fully saturated rings. The third kappa shape index (κ3) is 3.49. The molecule has 0 bridgehead atoms. The number of aliphatic carboxylic acids is 1. The molecule has 2 atom stereocenters. The second kappa shape index (κ2) is 5.67. The molecule has 6 nitrogen and oxygen atoms in total. The maximum absolute atomic E-state index is 11.5. The quantitative estimate of drug-likeness (QED) is 0.632. The van der Waals surface area contributed by atoms with Crippen LogP contribution in [0.15, 0.2) is 0 Å². The number of hydrogen-bond acceptors (Lipinski definition) is 4. The molecule has 6 heteroatoms. The molecule has 1 amide bonds. The highest BCUT2D eigenvalue weighted by Gasteiger charge is 2.27. The highest BCUT2D eigenvalue weighted by Crippen LogP contribution is 2.12. The maximum Gasteiger partial charge on any atom is 0.328 e. The van der Waals surface area contributed by atoms with E-state index in [4.69, 9.17) is 14.6 Å². The van der Waals surface area contributed by atoms with E-state index in [1.807, 2.05) is 0 Å². The van der Waals surface area contributed by atoms with Crippen LogP contribution in [-0.4, -0.2) is 50.0 Å². The largest absolute Gasteiger partial charge is 0.480 e. The summed E-state index contributed by atoms with van der Waals surface area (Å²) in [5, 5.41) is 11.2. The summed E-state index contributed by atoms with van der Waals surface area (Å²) >= 11 is 0. The highest BCUT2D eigenvalue weighted by molar-refractivity contribution is 5.85. The molecule has 1 rings (SSSR count). The van der Waals surface area contributed by atoms with Gasteiger partial charge in [-0.15, -0.1) is 0 Å². The minimum absolute atomic E-state index is 0.0331. The standard InChI is InChI=1S/C9H15NO5/c1-14-5-7(9(12)13)10-8(11)6-2-3-15-4-6/h6-7H,2-5H2,1H3,(H,10,11)(H,12,13). The van der Waals surface area contributed by atoms with Gasteiger partial charge in [-0.25, -0.2) is 4.79 Å². The van der Waals surface area contributed by atoms with E-state index < -0.39 is 12.0 Å². The van der Waals surface area contributed by atoms with Gasteiger partial charge in [-0.05, 0) is 6.42 Å². The van der Waals surface area contributed by atoms with Gasteiger partial charge in [0, 0.05) is 13.7 Å². The van der Waals surface area contributed by atoms with E-state index in [0.717, 1.165) is 0 Å². The zero-order chi connectivity index (χ0) is 11.3. The summed E-state index contributed by atoms with van der Waals surface area (Å²) in [6, 6.07) is -0.983. The summed E-state index contributed by atoms with van der Waals surface area (Å²) in [5.74, 6) is -1.61. The number of carboxylic acids is 1. The first-order valence-corrected chi connectivity index (χ1v) is 4.75. The molecule has 2 N–H and O–H groups in total. The number of amides is 1. The molecule has 86 valence electrons. The lowest BCUT2D eigenvalue weighted by atomic mass is 10.1. The van der Waals surface area contributed by atoms with Gasteiger partial charge in [0.1, 0.15) is 0 Å². The fraction of sp³-hybridized carbons (Fsp3) is 0.778. The molecule has 0 aliphatic carbocycles. The van der Waals surface area contributed by atoms with E-state index >= 15 is 0 Å². The van der Waals surface area contributed by atoms with Gasteiger partial charge in [-0.3, -0.25) is 4.79 Å². The second-order valence-corrected chi connectivity index (χ2v) is 3.42. The normalized spacial score (nSPS) is 22.3. The number of hydrogen-bond donors (Lipinski definition) is 2. The SMILES string of the molecule is COCC(NC(=O)C1CCOC1)C(=O)O. The minimum Gasteiger partial charge on any atom is -0.480 e. The average Bonchev–Trinajstić information content (AvgIpc) is 2.69. The van der Waals surface area contributed by atoms with Crippen LogP contribution in [0.25, 0.3) is 0 Å². The molecule has 0 spiro atoms. The Morgan fingerprint density at radius 3 is 2.87 bits per heavy atom. The third-order valence-electron chi connectivity index (χ3n) is 2.25. The highest BCUT2D eigenvalue weighted by atomic mass is 16.5. The van der Waals surface area contributed by atoms with Crippen molar-refractivity contribution in [3.8, 4) is 0 Å². The first kappa shape index (κ1) is 11.9. The summed E-state index contributed by atoms with van der Waals surface area (Å²) in [5.41, 5.74) is 0. The number of carbonyl (C=O) groups is 2. The van der Waals surface area contributed by atoms with Gasteiger partial charge >= 0.3 is 5.97 Å². The van der Waals surface area contributed by atoms with Gasteiger partial charge in [-0.2, -0.15) is 0 Å². The smallest absolute Gasteiger partial charge is 0.328 e. The van der Waals surface area contributed by atoms with Crippen molar-refractivity contribution in [1.29, 1.82) is 0 Å². The van der Waals surface area contributed by atoms with Crippen LogP contribution in [0.2, 0.25) is 0 Å². The van der Waals surface area contributed by atoms with Crippen LogP contribution < -0.4 is 5.32 Å². The molecule has 1 aliphatic rings. The topological polar surface area (TPSA) is 84.9 Å². The van der Waals surface area contributed by atoms with Crippen molar-refractivity contribution in [2.45, 2.75) is 12.5 Å². The Labute approximate surface area is 87.5 Å². The average molecular weight is 217 g/mol. The third-order valence-corrected chi connectivity index (χ3v) is 2.25. The number of nitrogens with one attached hydrogen (secondary N) is 1. The Morgan fingerprint density at radius 1 is 1.67 bits per heavy atom. The van der Waals surface area contributed by atoms with Gasteiger partial charge in [0.15, 0.2) is 6.04 Å². The monoisotopic (exact) mass is 217 g/mol. The van der Waals surface area contributed by atoms with Crippen molar-refractivity contribution in [3.63, 3.8) is 0 Å². The summed E-state index contributed by atoms with van der Waals surface area (Å²) in [6.45, 7) is 0.889. The van der Waals surface area contributed by atoms with Gasteiger partial charge in [0.25, 0.3) is 0 Å². The van der Waals surface area contributed by atoms with Crippen molar-refractivity contribution in [2.24, 2.45) is 5.92 Å². The Bertz CT molecular complexity index is 237. The molecule has 15 heavy (non-hydrogen) atoms. The predicted molar refractivity (Wildman–Crippen MR) is 50.4 cm³/mol. The first-order chi connectivity index (χ1) is 7.15. The van der Waals surface area contributed by atoms with Gasteiger partial charge in [-0.1, -0.05) is 0 Å². The lowest BCUT2D eigenvalue weighted by Gasteiger charge is -2.15. The van der Waals surface area contributed by atoms with Crippen LogP contribution >= 0.6 is 0 Å². The number of carbonyl (C=O) groups excluding carboxylic acids is 1. The predicted octanol–water partition coefficient (Wildman–Crippen LogP) is -0.761. The second-order valence-electron chi connectivity index (χ2n) is 3.42. The molecule has 0 aromatic carbocycles. The van der Waals surface area contributed by atoms with Crippen LogP contribution in [0, 0.1) is 5.92 Å². The first-order valence-electron chi connectivity index (χ1n) is 4.75. The van der Waals surface area contributed by atoms with E-state index in [-0.39, 0.29) is 18.4 Å². The van der Waals surface area contributed by atoms with Gasteiger partial charge in [0.05, 0.1) is 19.1 Å². The molecule has 1 heterocycles. The molecule has 0 radical (unpaired) electrons. The zero-order valence-electron chi connectivity index (χ0n) is 8.56. The summed E-state index contributed by atoms with van der Waals surface area (Å²) in [4.78, 5) is 22.2. The molecule has 0 aromatic heterocycles. The molecule has 0 aromatic rings. The van der Waals surface area contributed by atoms with Crippen molar-refractivity contribution < 1.29 is 24.2 Å². The molecular formula is C9H15NO5. The summed E-state index contributed by atoms with van der Waals surface area (Å²) in [6.07, 6.45) is 0.644. The number of methoxy groups -OCH3 is 1. The van der Waals surface area contributed by atoms with E-state index in [1.54, 1.807) is 0 Å². The molecule has 1 aliphatic heterocycles. The van der Waals surface area contributed by atoms with Crippen molar-refractivity contribution in [2.75, 3.05) is 26.9 Å². The number of ether oxygens (including phenoxy) is 2. The van der Waals surface area contributed by atoms with Crippen molar-refractivity contribution in [1.82, 2.24) is 5.32 Å². The molecule has 1 saturated heterocycles. The summed E-state index contributed by atoms with van der Waals surface area (Å²) < 4.78 is 9.74. The maximum atomic E-state index is 11.5. The van der Waals surface area contributed by atoms with Crippen LogP contribution in [0.4, 0.5) is 0 Å². The van der Waals surface area contributed by atoms with E-state index in [9.17, 15) is 9.59 Å². The zero-order valence-corrected chi connectivity index (χ0v) is 8.56. The Hall–Kier alpha value is -1.14. The molecule has 0 saturated carbocycles. The van der Waals surface area contributed by atoms with Crippen LogP contribution in [0.3, 0.4) is 0 Å². The van der Waals surface area contributed by atoms with E-state index in [0.29, 0.717) is 19.6 Å². The Balaban J connectivity index is 2.42. The van der Waals surface area contributed by atoms with Crippen LogP contribution in [-0.2, 0) is 19.1 Å².